The van der Waals surface area contributed by atoms with Crippen LogP contribution in [-0.4, -0.2) is 23.1 Å². The molecule has 0 radical (unpaired) electrons. The minimum Gasteiger partial charge on any atom is -0.307 e. The number of aryl methyl sites for hydroxylation is 1. The second kappa shape index (κ2) is 4.66. The number of hydrogen-bond donors (Lipinski definition) is 1. The first-order chi connectivity index (χ1) is 8.27. The molecule has 1 atom stereocenters. The van der Waals surface area contributed by atoms with Crippen LogP contribution in [0.1, 0.15) is 30.4 Å². The molecule has 1 saturated heterocycles. The fraction of sp³-hybridized carbons (Fsp3) is 0.600. The molecule has 3 rings (SSSR count). The molecule has 1 saturated carbocycles. The summed E-state index contributed by atoms with van der Waals surface area (Å²) < 4.78 is 0. The summed E-state index contributed by atoms with van der Waals surface area (Å²) in [6.45, 7) is 2.23. The maximum atomic E-state index is 3.92. The average molecular weight is 247 g/mol. The first-order valence-corrected chi connectivity index (χ1v) is 7.83. The molecule has 2 heteroatoms. The van der Waals surface area contributed by atoms with Crippen molar-refractivity contribution in [2.75, 3.05) is 11.5 Å². The standard InChI is InChI=1S/C15H21NS/c1-12-4-2-3-5-13(12)10-15(7-8-15)16-14-6-9-17-11-14/h2-5,14,16H,6-11H2,1H3. The highest BCUT2D eigenvalue weighted by Crippen LogP contribution is 2.40. The third kappa shape index (κ3) is 2.69. The number of rotatable bonds is 4. The number of hydrogen-bond acceptors (Lipinski definition) is 2. The highest BCUT2D eigenvalue weighted by Gasteiger charge is 2.44. The lowest BCUT2D eigenvalue weighted by atomic mass is 9.99. The average Bonchev–Trinajstić information content (AvgIpc) is 2.87. The Morgan fingerprint density at radius 1 is 1.35 bits per heavy atom. The van der Waals surface area contributed by atoms with Gasteiger partial charge in [-0.05, 0) is 49.5 Å². The van der Waals surface area contributed by atoms with E-state index in [-0.39, 0.29) is 0 Å². The Hall–Kier alpha value is -0.470. The van der Waals surface area contributed by atoms with Gasteiger partial charge in [0.15, 0.2) is 0 Å². The van der Waals surface area contributed by atoms with Crippen molar-refractivity contribution in [1.29, 1.82) is 0 Å². The van der Waals surface area contributed by atoms with Crippen LogP contribution in [0.15, 0.2) is 24.3 Å². The van der Waals surface area contributed by atoms with Crippen LogP contribution in [0.4, 0.5) is 0 Å². The maximum absolute atomic E-state index is 3.92. The molecular formula is C15H21NS. The van der Waals surface area contributed by atoms with Crippen LogP contribution in [0.5, 0.6) is 0 Å². The third-order valence-electron chi connectivity index (χ3n) is 4.08. The van der Waals surface area contributed by atoms with Gasteiger partial charge in [-0.25, -0.2) is 0 Å². The van der Waals surface area contributed by atoms with E-state index in [9.17, 15) is 0 Å². The second-order valence-electron chi connectivity index (χ2n) is 5.59. The van der Waals surface area contributed by atoms with Gasteiger partial charge in [-0.1, -0.05) is 24.3 Å². The Bertz CT molecular complexity index is 392. The van der Waals surface area contributed by atoms with Crippen molar-refractivity contribution in [3.8, 4) is 0 Å². The maximum Gasteiger partial charge on any atom is 0.0226 e. The molecule has 1 unspecified atom stereocenters. The van der Waals surface area contributed by atoms with Crippen LogP contribution < -0.4 is 5.32 Å². The highest BCUT2D eigenvalue weighted by molar-refractivity contribution is 7.99. The lowest BCUT2D eigenvalue weighted by Crippen LogP contribution is -2.41. The van der Waals surface area contributed by atoms with Crippen molar-refractivity contribution in [1.82, 2.24) is 5.32 Å². The van der Waals surface area contributed by atoms with E-state index in [0.29, 0.717) is 5.54 Å². The summed E-state index contributed by atoms with van der Waals surface area (Å²) in [5.74, 6) is 2.66. The summed E-state index contributed by atoms with van der Waals surface area (Å²) in [6.07, 6.45) is 5.31. The molecule has 2 aliphatic rings. The molecule has 0 amide bonds. The SMILES string of the molecule is Cc1ccccc1CC1(NC2CCSC2)CC1. The van der Waals surface area contributed by atoms with E-state index in [2.05, 4.69) is 48.3 Å². The van der Waals surface area contributed by atoms with Crippen molar-refractivity contribution >= 4 is 11.8 Å². The van der Waals surface area contributed by atoms with Gasteiger partial charge >= 0.3 is 0 Å². The van der Waals surface area contributed by atoms with Gasteiger partial charge in [0, 0.05) is 17.3 Å². The van der Waals surface area contributed by atoms with Gasteiger partial charge in [0.25, 0.3) is 0 Å². The molecule has 1 aromatic rings. The smallest absolute Gasteiger partial charge is 0.0226 e. The zero-order valence-corrected chi connectivity index (χ0v) is 11.4. The fourth-order valence-corrected chi connectivity index (χ4v) is 3.93. The van der Waals surface area contributed by atoms with Crippen LogP contribution in [0, 0.1) is 6.92 Å². The van der Waals surface area contributed by atoms with Crippen LogP contribution in [0.25, 0.3) is 0 Å². The first kappa shape index (κ1) is 11.6. The van der Waals surface area contributed by atoms with E-state index in [1.54, 1.807) is 0 Å². The first-order valence-electron chi connectivity index (χ1n) is 6.67. The quantitative estimate of drug-likeness (QED) is 0.877. The Labute approximate surface area is 108 Å². The minimum absolute atomic E-state index is 0.446. The summed E-state index contributed by atoms with van der Waals surface area (Å²) in [5, 5.41) is 3.92. The normalized spacial score (nSPS) is 26.1. The topological polar surface area (TPSA) is 12.0 Å². The van der Waals surface area contributed by atoms with E-state index >= 15 is 0 Å². The summed E-state index contributed by atoms with van der Waals surface area (Å²) >= 11 is 2.10. The molecule has 1 aromatic carbocycles. The molecule has 92 valence electrons. The van der Waals surface area contributed by atoms with Gasteiger partial charge in [0.1, 0.15) is 0 Å². The summed E-state index contributed by atoms with van der Waals surface area (Å²) in [4.78, 5) is 0. The second-order valence-corrected chi connectivity index (χ2v) is 6.74. The summed E-state index contributed by atoms with van der Waals surface area (Å²) in [7, 11) is 0. The van der Waals surface area contributed by atoms with E-state index in [0.717, 1.165) is 6.04 Å². The summed E-state index contributed by atoms with van der Waals surface area (Å²) in [5.41, 5.74) is 3.42. The molecule has 0 aromatic heterocycles. The van der Waals surface area contributed by atoms with Gasteiger partial charge in [0.2, 0.25) is 0 Å². The number of benzene rings is 1. The molecule has 1 N–H and O–H groups in total. The Morgan fingerprint density at radius 2 is 2.18 bits per heavy atom. The van der Waals surface area contributed by atoms with Gasteiger partial charge in [0.05, 0.1) is 0 Å². The number of nitrogens with one attached hydrogen (secondary N) is 1. The fourth-order valence-electron chi connectivity index (χ4n) is 2.78. The van der Waals surface area contributed by atoms with Crippen molar-refractivity contribution in [2.45, 2.75) is 44.2 Å². The van der Waals surface area contributed by atoms with Crippen LogP contribution in [-0.2, 0) is 6.42 Å². The van der Waals surface area contributed by atoms with Gasteiger partial charge in [-0.2, -0.15) is 11.8 Å². The van der Waals surface area contributed by atoms with Crippen molar-refractivity contribution in [3.05, 3.63) is 35.4 Å². The van der Waals surface area contributed by atoms with Crippen LogP contribution >= 0.6 is 11.8 Å². The van der Waals surface area contributed by atoms with Crippen LogP contribution in [0.2, 0.25) is 0 Å². The Balaban J connectivity index is 1.66. The predicted molar refractivity (Wildman–Crippen MR) is 75.7 cm³/mol. The van der Waals surface area contributed by atoms with E-state index in [1.807, 2.05) is 0 Å². The molecule has 17 heavy (non-hydrogen) atoms. The van der Waals surface area contributed by atoms with Gasteiger partial charge in [-0.15, -0.1) is 0 Å². The van der Waals surface area contributed by atoms with Crippen molar-refractivity contribution < 1.29 is 0 Å². The highest BCUT2D eigenvalue weighted by atomic mass is 32.2. The molecule has 1 aliphatic heterocycles. The third-order valence-corrected chi connectivity index (χ3v) is 5.25. The molecule has 1 heterocycles. The molecule has 0 bridgehead atoms. The van der Waals surface area contributed by atoms with E-state index in [4.69, 9.17) is 0 Å². The van der Waals surface area contributed by atoms with Crippen molar-refractivity contribution in [3.63, 3.8) is 0 Å². The Morgan fingerprint density at radius 3 is 2.82 bits per heavy atom. The zero-order valence-electron chi connectivity index (χ0n) is 10.5. The monoisotopic (exact) mass is 247 g/mol. The molecular weight excluding hydrogens is 226 g/mol. The Kier molecular flexibility index (Phi) is 3.18. The van der Waals surface area contributed by atoms with E-state index in [1.165, 1.54) is 48.3 Å². The lowest BCUT2D eigenvalue weighted by molar-refractivity contribution is 0.430. The summed E-state index contributed by atoms with van der Waals surface area (Å²) in [6, 6.07) is 9.60. The molecule has 1 nitrogen and oxygen atoms in total. The lowest BCUT2D eigenvalue weighted by Gasteiger charge is -2.22. The van der Waals surface area contributed by atoms with Crippen LogP contribution in [0.3, 0.4) is 0 Å². The minimum atomic E-state index is 0.446. The van der Waals surface area contributed by atoms with Crippen molar-refractivity contribution in [2.24, 2.45) is 0 Å². The molecule has 1 aliphatic carbocycles. The molecule has 2 fully saturated rings. The largest absolute Gasteiger partial charge is 0.307 e. The zero-order chi connectivity index (χ0) is 11.7. The van der Waals surface area contributed by atoms with Gasteiger partial charge in [-0.3, -0.25) is 0 Å². The van der Waals surface area contributed by atoms with Gasteiger partial charge < -0.3 is 5.32 Å². The number of thioether (sulfide) groups is 1. The predicted octanol–water partition coefficient (Wildman–Crippen LogP) is 3.17. The molecule has 0 spiro atoms. The van der Waals surface area contributed by atoms with E-state index < -0.39 is 0 Å².